The molecule has 2 aromatic rings. The van der Waals surface area contributed by atoms with Crippen molar-refractivity contribution < 1.29 is 9.13 Å². The standard InChI is InChI=1S/C17H16FNO/c1-20-13-8-6-12(7-9-13)16-10-11-17(19-16)14-4-2-3-5-15(14)18/h2-9,16H,10-11H2,1H3. The van der Waals surface area contributed by atoms with Crippen LogP contribution in [0.25, 0.3) is 0 Å². The van der Waals surface area contributed by atoms with Crippen molar-refractivity contribution in [2.24, 2.45) is 4.99 Å². The third kappa shape index (κ3) is 2.44. The van der Waals surface area contributed by atoms with E-state index in [9.17, 15) is 4.39 Å². The zero-order valence-corrected chi connectivity index (χ0v) is 11.3. The maximum Gasteiger partial charge on any atom is 0.132 e. The smallest absolute Gasteiger partial charge is 0.132 e. The van der Waals surface area contributed by atoms with Crippen LogP contribution in [-0.4, -0.2) is 12.8 Å². The Hall–Kier alpha value is -2.16. The molecule has 1 unspecified atom stereocenters. The van der Waals surface area contributed by atoms with E-state index in [-0.39, 0.29) is 11.9 Å². The molecule has 3 rings (SSSR count). The molecule has 1 atom stereocenters. The van der Waals surface area contributed by atoms with Gasteiger partial charge in [0.15, 0.2) is 0 Å². The molecule has 1 aliphatic heterocycles. The second-order valence-electron chi connectivity index (χ2n) is 4.88. The lowest BCUT2D eigenvalue weighted by Crippen LogP contribution is -1.99. The molecule has 0 saturated heterocycles. The van der Waals surface area contributed by atoms with Gasteiger partial charge in [-0.3, -0.25) is 4.99 Å². The van der Waals surface area contributed by atoms with Gasteiger partial charge in [-0.1, -0.05) is 30.3 Å². The van der Waals surface area contributed by atoms with Crippen molar-refractivity contribution in [1.82, 2.24) is 0 Å². The average molecular weight is 269 g/mol. The fourth-order valence-electron chi connectivity index (χ4n) is 2.56. The van der Waals surface area contributed by atoms with E-state index < -0.39 is 0 Å². The average Bonchev–Trinajstić information content (AvgIpc) is 2.97. The molecule has 102 valence electrons. The predicted octanol–water partition coefficient (Wildman–Crippen LogP) is 4.16. The summed E-state index contributed by atoms with van der Waals surface area (Å²) in [4.78, 5) is 4.68. The van der Waals surface area contributed by atoms with Gasteiger partial charge in [0.1, 0.15) is 11.6 Å². The SMILES string of the molecule is COc1ccc(C2CCC(c3ccccc3F)=N2)cc1. The van der Waals surface area contributed by atoms with Crippen LogP contribution in [0.2, 0.25) is 0 Å². The quantitative estimate of drug-likeness (QED) is 0.820. The van der Waals surface area contributed by atoms with Crippen LogP contribution in [0.1, 0.15) is 30.0 Å². The minimum atomic E-state index is -0.193. The molecule has 0 fully saturated rings. The summed E-state index contributed by atoms with van der Waals surface area (Å²) in [5.41, 5.74) is 2.64. The van der Waals surface area contributed by atoms with Crippen LogP contribution in [0, 0.1) is 5.82 Å². The molecule has 20 heavy (non-hydrogen) atoms. The number of ether oxygens (including phenoxy) is 1. The predicted molar refractivity (Wildman–Crippen MR) is 77.9 cm³/mol. The summed E-state index contributed by atoms with van der Waals surface area (Å²) in [6, 6.07) is 14.9. The lowest BCUT2D eigenvalue weighted by molar-refractivity contribution is 0.414. The third-order valence-electron chi connectivity index (χ3n) is 3.65. The number of rotatable bonds is 3. The van der Waals surface area contributed by atoms with E-state index in [0.29, 0.717) is 5.56 Å². The largest absolute Gasteiger partial charge is 0.497 e. The van der Waals surface area contributed by atoms with Crippen molar-refractivity contribution >= 4 is 5.71 Å². The highest BCUT2D eigenvalue weighted by Crippen LogP contribution is 2.32. The molecule has 0 aromatic heterocycles. The maximum atomic E-state index is 13.8. The van der Waals surface area contributed by atoms with Gasteiger partial charge in [-0.05, 0) is 36.6 Å². The number of nitrogens with zero attached hydrogens (tertiary/aromatic N) is 1. The molecular weight excluding hydrogens is 253 g/mol. The van der Waals surface area contributed by atoms with Gasteiger partial charge in [-0.25, -0.2) is 4.39 Å². The van der Waals surface area contributed by atoms with Crippen molar-refractivity contribution in [2.75, 3.05) is 7.11 Å². The van der Waals surface area contributed by atoms with E-state index in [1.807, 2.05) is 30.3 Å². The summed E-state index contributed by atoms with van der Waals surface area (Å²) in [7, 11) is 1.65. The normalized spacial score (nSPS) is 17.9. The highest BCUT2D eigenvalue weighted by Gasteiger charge is 2.21. The number of benzene rings is 2. The molecule has 0 aliphatic carbocycles. The molecule has 0 N–H and O–H groups in total. The van der Waals surface area contributed by atoms with Gasteiger partial charge < -0.3 is 4.74 Å². The van der Waals surface area contributed by atoms with E-state index in [2.05, 4.69) is 4.99 Å². The molecule has 0 saturated carbocycles. The summed E-state index contributed by atoms with van der Waals surface area (Å²) < 4.78 is 18.9. The van der Waals surface area contributed by atoms with Gasteiger partial charge in [-0.15, -0.1) is 0 Å². The second-order valence-corrected chi connectivity index (χ2v) is 4.88. The van der Waals surface area contributed by atoms with Crippen molar-refractivity contribution in [3.8, 4) is 5.75 Å². The molecule has 0 bridgehead atoms. The molecule has 0 amide bonds. The number of methoxy groups -OCH3 is 1. The monoisotopic (exact) mass is 269 g/mol. The highest BCUT2D eigenvalue weighted by molar-refractivity contribution is 6.02. The van der Waals surface area contributed by atoms with Crippen LogP contribution < -0.4 is 4.74 Å². The minimum absolute atomic E-state index is 0.121. The zero-order valence-electron chi connectivity index (χ0n) is 11.3. The Morgan fingerprint density at radius 1 is 1.10 bits per heavy atom. The first-order valence-electron chi connectivity index (χ1n) is 6.73. The van der Waals surface area contributed by atoms with E-state index >= 15 is 0 Å². The van der Waals surface area contributed by atoms with Crippen molar-refractivity contribution in [3.63, 3.8) is 0 Å². The molecule has 2 nitrogen and oxygen atoms in total. The van der Waals surface area contributed by atoms with Crippen molar-refractivity contribution in [3.05, 3.63) is 65.5 Å². The van der Waals surface area contributed by atoms with E-state index in [4.69, 9.17) is 4.74 Å². The summed E-state index contributed by atoms with van der Waals surface area (Å²) in [5.74, 6) is 0.645. The van der Waals surface area contributed by atoms with Crippen LogP contribution in [-0.2, 0) is 0 Å². The second kappa shape index (κ2) is 5.45. The first kappa shape index (κ1) is 12.9. The Bertz CT molecular complexity index is 634. The Balaban J connectivity index is 1.85. The summed E-state index contributed by atoms with van der Waals surface area (Å²) in [5, 5.41) is 0. The van der Waals surface area contributed by atoms with Gasteiger partial charge in [0.2, 0.25) is 0 Å². The Morgan fingerprint density at radius 3 is 2.55 bits per heavy atom. The molecule has 1 heterocycles. The van der Waals surface area contributed by atoms with Gasteiger partial charge in [-0.2, -0.15) is 0 Å². The van der Waals surface area contributed by atoms with E-state index in [1.165, 1.54) is 6.07 Å². The Kier molecular flexibility index (Phi) is 3.50. The number of hydrogen-bond acceptors (Lipinski definition) is 2. The molecule has 3 heteroatoms. The van der Waals surface area contributed by atoms with Crippen LogP contribution in [0.4, 0.5) is 4.39 Å². The Labute approximate surface area is 117 Å². The number of hydrogen-bond donors (Lipinski definition) is 0. The van der Waals surface area contributed by atoms with Crippen LogP contribution in [0.5, 0.6) is 5.75 Å². The molecule has 0 radical (unpaired) electrons. The van der Waals surface area contributed by atoms with Crippen molar-refractivity contribution in [1.29, 1.82) is 0 Å². The number of halogens is 1. The number of aliphatic imine (C=N–C) groups is 1. The molecular formula is C17H16FNO. The van der Waals surface area contributed by atoms with E-state index in [1.54, 1.807) is 19.2 Å². The van der Waals surface area contributed by atoms with Crippen molar-refractivity contribution in [2.45, 2.75) is 18.9 Å². The first-order valence-corrected chi connectivity index (χ1v) is 6.73. The van der Waals surface area contributed by atoms with Gasteiger partial charge in [0.25, 0.3) is 0 Å². The molecule has 1 aliphatic rings. The third-order valence-corrected chi connectivity index (χ3v) is 3.65. The lowest BCUT2D eigenvalue weighted by atomic mass is 10.0. The Morgan fingerprint density at radius 2 is 1.85 bits per heavy atom. The molecule has 0 spiro atoms. The fourth-order valence-corrected chi connectivity index (χ4v) is 2.56. The van der Waals surface area contributed by atoms with Gasteiger partial charge in [0.05, 0.1) is 13.2 Å². The van der Waals surface area contributed by atoms with Crippen LogP contribution in [0.3, 0.4) is 0 Å². The zero-order chi connectivity index (χ0) is 13.9. The highest BCUT2D eigenvalue weighted by atomic mass is 19.1. The van der Waals surface area contributed by atoms with Gasteiger partial charge in [0, 0.05) is 11.3 Å². The lowest BCUT2D eigenvalue weighted by Gasteiger charge is -2.07. The first-order chi connectivity index (χ1) is 9.78. The summed E-state index contributed by atoms with van der Waals surface area (Å²) in [6.07, 6.45) is 1.74. The maximum absolute atomic E-state index is 13.8. The fraction of sp³-hybridized carbons (Fsp3) is 0.235. The topological polar surface area (TPSA) is 21.6 Å². The van der Waals surface area contributed by atoms with E-state index in [0.717, 1.165) is 29.9 Å². The summed E-state index contributed by atoms with van der Waals surface area (Å²) >= 11 is 0. The minimum Gasteiger partial charge on any atom is -0.497 e. The molecule has 2 aromatic carbocycles. The van der Waals surface area contributed by atoms with Gasteiger partial charge >= 0.3 is 0 Å². The van der Waals surface area contributed by atoms with Crippen LogP contribution in [0.15, 0.2) is 53.5 Å². The van der Waals surface area contributed by atoms with Crippen LogP contribution >= 0.6 is 0 Å². The summed E-state index contributed by atoms with van der Waals surface area (Å²) in [6.45, 7) is 0.